The van der Waals surface area contributed by atoms with E-state index in [0.29, 0.717) is 0 Å². The standard InChI is InChI=1S/C9H9FO2S/c1-2-9(10)13(11,12)8-6-4-3-5-7-8/h2-7H,1H3. The second kappa shape index (κ2) is 3.70. The number of benzene rings is 1. The molecule has 1 aromatic carbocycles. The molecule has 1 rings (SSSR count). The molecule has 0 fully saturated rings. The van der Waals surface area contributed by atoms with E-state index in [1.165, 1.54) is 19.1 Å². The van der Waals surface area contributed by atoms with Crippen LogP contribution in [0.1, 0.15) is 6.92 Å². The smallest absolute Gasteiger partial charge is 0.216 e. The van der Waals surface area contributed by atoms with Crippen molar-refractivity contribution in [2.75, 3.05) is 0 Å². The number of hydrogen-bond donors (Lipinski definition) is 0. The van der Waals surface area contributed by atoms with Crippen molar-refractivity contribution in [1.82, 2.24) is 0 Å². The summed E-state index contributed by atoms with van der Waals surface area (Å²) < 4.78 is 35.5. The molecule has 4 heteroatoms. The predicted molar refractivity (Wildman–Crippen MR) is 48.5 cm³/mol. The summed E-state index contributed by atoms with van der Waals surface area (Å²) in [6.45, 7) is 1.34. The van der Waals surface area contributed by atoms with Gasteiger partial charge >= 0.3 is 0 Å². The Hall–Kier alpha value is -1.16. The summed E-state index contributed by atoms with van der Waals surface area (Å²) in [5, 5.41) is -1.11. The highest BCUT2D eigenvalue weighted by molar-refractivity contribution is 7.95. The molecule has 0 saturated carbocycles. The molecule has 0 radical (unpaired) electrons. The normalized spacial score (nSPS) is 12.9. The Morgan fingerprint density at radius 2 is 1.85 bits per heavy atom. The third-order valence-electron chi connectivity index (χ3n) is 1.54. The van der Waals surface area contributed by atoms with Crippen LogP contribution in [0.15, 0.2) is 46.5 Å². The molecule has 0 aromatic heterocycles. The third kappa shape index (κ3) is 1.95. The van der Waals surface area contributed by atoms with E-state index >= 15 is 0 Å². The lowest BCUT2D eigenvalue weighted by Gasteiger charge is -1.99. The first-order valence-corrected chi connectivity index (χ1v) is 5.19. The lowest BCUT2D eigenvalue weighted by atomic mass is 10.4. The van der Waals surface area contributed by atoms with Gasteiger partial charge < -0.3 is 0 Å². The summed E-state index contributed by atoms with van der Waals surface area (Å²) in [5.41, 5.74) is 0. The number of hydrogen-bond acceptors (Lipinski definition) is 2. The fraction of sp³-hybridized carbons (Fsp3) is 0.111. The summed E-state index contributed by atoms with van der Waals surface area (Å²) in [7, 11) is -3.89. The second-order valence-corrected chi connectivity index (χ2v) is 4.28. The zero-order chi connectivity index (χ0) is 9.90. The van der Waals surface area contributed by atoms with Crippen molar-refractivity contribution in [3.8, 4) is 0 Å². The van der Waals surface area contributed by atoms with Gasteiger partial charge in [0.1, 0.15) is 0 Å². The Bertz CT molecular complexity index is 407. The molecule has 13 heavy (non-hydrogen) atoms. The molecule has 1 aromatic rings. The van der Waals surface area contributed by atoms with Crippen LogP contribution in [0.5, 0.6) is 0 Å². The predicted octanol–water partition coefficient (Wildman–Crippen LogP) is 2.29. The Morgan fingerprint density at radius 1 is 1.31 bits per heavy atom. The zero-order valence-corrected chi connectivity index (χ0v) is 7.88. The van der Waals surface area contributed by atoms with Gasteiger partial charge in [-0.15, -0.1) is 0 Å². The maximum atomic E-state index is 12.9. The lowest BCUT2D eigenvalue weighted by molar-refractivity contribution is 0.577. The number of allylic oxidation sites excluding steroid dienone is 1. The molecule has 0 heterocycles. The zero-order valence-electron chi connectivity index (χ0n) is 7.07. The van der Waals surface area contributed by atoms with Crippen molar-refractivity contribution in [2.45, 2.75) is 11.8 Å². The van der Waals surface area contributed by atoms with Gasteiger partial charge in [0, 0.05) is 0 Å². The molecular weight excluding hydrogens is 191 g/mol. The Morgan fingerprint density at radius 3 is 2.31 bits per heavy atom. The molecule has 0 spiro atoms. The molecule has 0 saturated heterocycles. The van der Waals surface area contributed by atoms with Crippen LogP contribution in [-0.4, -0.2) is 8.42 Å². The van der Waals surface area contributed by atoms with Gasteiger partial charge in [-0.25, -0.2) is 8.42 Å². The minimum Gasteiger partial charge on any atom is -0.216 e. The van der Waals surface area contributed by atoms with Crippen LogP contribution in [0.25, 0.3) is 0 Å². The van der Waals surface area contributed by atoms with Gasteiger partial charge in [-0.05, 0) is 25.1 Å². The minimum absolute atomic E-state index is 0.0226. The fourth-order valence-electron chi connectivity index (χ4n) is 0.867. The summed E-state index contributed by atoms with van der Waals surface area (Å²) in [5.74, 6) is 0. The Balaban J connectivity index is 3.25. The van der Waals surface area contributed by atoms with Crippen LogP contribution in [-0.2, 0) is 9.84 Å². The topological polar surface area (TPSA) is 34.1 Å². The van der Waals surface area contributed by atoms with Crippen LogP contribution in [0.3, 0.4) is 0 Å². The highest BCUT2D eigenvalue weighted by Gasteiger charge is 2.18. The van der Waals surface area contributed by atoms with Crippen molar-refractivity contribution in [3.05, 3.63) is 41.6 Å². The first-order chi connectivity index (χ1) is 6.09. The summed E-state index contributed by atoms with van der Waals surface area (Å²) in [6, 6.07) is 7.50. The quantitative estimate of drug-likeness (QED) is 0.734. The average Bonchev–Trinajstić information content (AvgIpc) is 2.18. The fourth-order valence-corrected chi connectivity index (χ4v) is 1.92. The van der Waals surface area contributed by atoms with E-state index in [9.17, 15) is 12.8 Å². The molecule has 0 atom stereocenters. The highest BCUT2D eigenvalue weighted by atomic mass is 32.2. The van der Waals surface area contributed by atoms with E-state index in [2.05, 4.69) is 0 Å². The summed E-state index contributed by atoms with van der Waals surface area (Å²) in [6.07, 6.45) is 0.933. The van der Waals surface area contributed by atoms with Gasteiger partial charge in [-0.3, -0.25) is 0 Å². The molecule has 2 nitrogen and oxygen atoms in total. The van der Waals surface area contributed by atoms with Crippen LogP contribution in [0.2, 0.25) is 0 Å². The summed E-state index contributed by atoms with van der Waals surface area (Å²) in [4.78, 5) is -0.0226. The van der Waals surface area contributed by atoms with E-state index in [1.807, 2.05) is 0 Å². The van der Waals surface area contributed by atoms with Gasteiger partial charge in [0.05, 0.1) is 4.90 Å². The van der Waals surface area contributed by atoms with Crippen LogP contribution in [0.4, 0.5) is 4.39 Å². The maximum Gasteiger partial charge on any atom is 0.232 e. The monoisotopic (exact) mass is 200 g/mol. The lowest BCUT2D eigenvalue weighted by Crippen LogP contribution is -2.00. The van der Waals surface area contributed by atoms with E-state index in [0.717, 1.165) is 6.08 Å². The van der Waals surface area contributed by atoms with Gasteiger partial charge in [0.2, 0.25) is 15.0 Å². The van der Waals surface area contributed by atoms with Crippen molar-refractivity contribution < 1.29 is 12.8 Å². The molecule has 0 amide bonds. The Kier molecular flexibility index (Phi) is 2.83. The van der Waals surface area contributed by atoms with E-state index in [-0.39, 0.29) is 4.90 Å². The number of rotatable bonds is 2. The molecule has 0 N–H and O–H groups in total. The van der Waals surface area contributed by atoms with Crippen molar-refractivity contribution in [2.24, 2.45) is 0 Å². The third-order valence-corrected chi connectivity index (χ3v) is 3.18. The van der Waals surface area contributed by atoms with E-state index in [4.69, 9.17) is 0 Å². The molecule has 0 bridgehead atoms. The maximum absolute atomic E-state index is 12.9. The molecule has 70 valence electrons. The average molecular weight is 200 g/mol. The van der Waals surface area contributed by atoms with Crippen LogP contribution >= 0.6 is 0 Å². The molecule has 0 unspecified atom stereocenters. The van der Waals surface area contributed by atoms with Crippen molar-refractivity contribution >= 4 is 9.84 Å². The number of sulfone groups is 1. The van der Waals surface area contributed by atoms with Gasteiger partial charge in [0.25, 0.3) is 0 Å². The Labute approximate surface area is 76.6 Å². The SMILES string of the molecule is CC=C(F)S(=O)(=O)c1ccccc1. The van der Waals surface area contributed by atoms with E-state index < -0.39 is 15.0 Å². The van der Waals surface area contributed by atoms with Crippen molar-refractivity contribution in [3.63, 3.8) is 0 Å². The van der Waals surface area contributed by atoms with Gasteiger partial charge in [0.15, 0.2) is 0 Å². The first kappa shape index (κ1) is 9.92. The van der Waals surface area contributed by atoms with E-state index in [1.54, 1.807) is 18.2 Å². The first-order valence-electron chi connectivity index (χ1n) is 3.71. The van der Waals surface area contributed by atoms with Crippen LogP contribution in [0, 0.1) is 0 Å². The molecule has 0 aliphatic carbocycles. The summed E-state index contributed by atoms with van der Waals surface area (Å²) >= 11 is 0. The molecule has 0 aliphatic heterocycles. The molecular formula is C9H9FO2S. The number of halogens is 1. The van der Waals surface area contributed by atoms with Crippen LogP contribution < -0.4 is 0 Å². The van der Waals surface area contributed by atoms with Gasteiger partial charge in [-0.2, -0.15) is 4.39 Å². The second-order valence-electron chi connectivity index (χ2n) is 2.41. The van der Waals surface area contributed by atoms with Gasteiger partial charge in [-0.1, -0.05) is 18.2 Å². The minimum atomic E-state index is -3.89. The molecule has 0 aliphatic rings. The highest BCUT2D eigenvalue weighted by Crippen LogP contribution is 2.18. The van der Waals surface area contributed by atoms with Crippen molar-refractivity contribution in [1.29, 1.82) is 0 Å². The largest absolute Gasteiger partial charge is 0.232 e.